The number of hydrogen-bond acceptors (Lipinski definition) is 7. The van der Waals surface area contributed by atoms with E-state index >= 15 is 0 Å². The zero-order valence-electron chi connectivity index (χ0n) is 16.2. The van der Waals surface area contributed by atoms with E-state index in [1.165, 1.54) is 11.3 Å². The lowest BCUT2D eigenvalue weighted by atomic mass is 10.2. The molecule has 8 heteroatoms. The maximum absolute atomic E-state index is 12.4. The number of pyridine rings is 1. The molecule has 2 aromatic heterocycles. The van der Waals surface area contributed by atoms with Crippen molar-refractivity contribution in [3.05, 3.63) is 54.0 Å². The number of hydrogen-bond donors (Lipinski definition) is 1. The molecular weight excluding hydrogens is 386 g/mol. The van der Waals surface area contributed by atoms with Crippen LogP contribution in [0, 0.1) is 0 Å². The molecule has 0 spiro atoms. The van der Waals surface area contributed by atoms with Gasteiger partial charge < -0.3 is 15.0 Å². The van der Waals surface area contributed by atoms with Gasteiger partial charge in [0.2, 0.25) is 5.91 Å². The normalized spacial score (nSPS) is 14.6. The molecule has 1 aliphatic heterocycles. The standard InChI is InChI=1S/C21H23N5O2S/c1-28-17-7-5-16(6-8-17)18-15-29-21(23-18)24-20(27)14-25-10-12-26(13-11-25)19-4-2-3-9-22-19/h2-9,15H,10-14H2,1H3,(H,23,24,27). The maximum atomic E-state index is 12.4. The van der Waals surface area contributed by atoms with Crippen LogP contribution in [0.1, 0.15) is 0 Å². The van der Waals surface area contributed by atoms with Gasteiger partial charge in [-0.2, -0.15) is 0 Å². The number of methoxy groups -OCH3 is 1. The van der Waals surface area contributed by atoms with Crippen molar-refractivity contribution in [2.24, 2.45) is 0 Å². The molecule has 1 aromatic carbocycles. The summed E-state index contributed by atoms with van der Waals surface area (Å²) < 4.78 is 5.18. The van der Waals surface area contributed by atoms with E-state index in [4.69, 9.17) is 4.74 Å². The molecule has 1 amide bonds. The van der Waals surface area contributed by atoms with Crippen molar-refractivity contribution in [2.75, 3.05) is 50.1 Å². The summed E-state index contributed by atoms with van der Waals surface area (Å²) >= 11 is 1.43. The lowest BCUT2D eigenvalue weighted by molar-refractivity contribution is -0.117. The van der Waals surface area contributed by atoms with Crippen LogP contribution in [-0.4, -0.2) is 60.6 Å². The number of piperazine rings is 1. The SMILES string of the molecule is COc1ccc(-c2csc(NC(=O)CN3CCN(c4ccccn4)CC3)n2)cc1. The molecule has 29 heavy (non-hydrogen) atoms. The van der Waals surface area contributed by atoms with E-state index in [2.05, 4.69) is 25.1 Å². The number of nitrogens with zero attached hydrogens (tertiary/aromatic N) is 4. The molecule has 7 nitrogen and oxygen atoms in total. The zero-order chi connectivity index (χ0) is 20.1. The van der Waals surface area contributed by atoms with Gasteiger partial charge in [0, 0.05) is 43.3 Å². The number of aromatic nitrogens is 2. The summed E-state index contributed by atoms with van der Waals surface area (Å²) in [5, 5.41) is 5.49. The fourth-order valence-corrected chi connectivity index (χ4v) is 4.00. The van der Waals surface area contributed by atoms with Crippen LogP contribution in [0.15, 0.2) is 54.0 Å². The highest BCUT2D eigenvalue weighted by molar-refractivity contribution is 7.14. The number of thiazole rings is 1. The van der Waals surface area contributed by atoms with Gasteiger partial charge in [-0.3, -0.25) is 9.69 Å². The van der Waals surface area contributed by atoms with E-state index in [0.717, 1.165) is 49.0 Å². The number of ether oxygens (including phenoxy) is 1. The highest BCUT2D eigenvalue weighted by atomic mass is 32.1. The predicted molar refractivity (Wildman–Crippen MR) is 116 cm³/mol. The molecule has 1 saturated heterocycles. The molecule has 0 radical (unpaired) electrons. The summed E-state index contributed by atoms with van der Waals surface area (Å²) in [6.07, 6.45) is 1.81. The Kier molecular flexibility index (Phi) is 6.02. The van der Waals surface area contributed by atoms with E-state index in [9.17, 15) is 4.79 Å². The molecule has 3 heterocycles. The Morgan fingerprint density at radius 2 is 1.93 bits per heavy atom. The molecule has 0 unspecified atom stereocenters. The summed E-state index contributed by atoms with van der Waals surface area (Å²) in [5.74, 6) is 1.76. The predicted octanol–water partition coefficient (Wildman–Crippen LogP) is 2.97. The largest absolute Gasteiger partial charge is 0.497 e. The van der Waals surface area contributed by atoms with Crippen molar-refractivity contribution in [1.82, 2.24) is 14.9 Å². The molecule has 0 aliphatic carbocycles. The fourth-order valence-electron chi connectivity index (χ4n) is 3.26. The summed E-state index contributed by atoms with van der Waals surface area (Å²) in [7, 11) is 1.64. The van der Waals surface area contributed by atoms with Gasteiger partial charge in [-0.15, -0.1) is 11.3 Å². The van der Waals surface area contributed by atoms with Crippen molar-refractivity contribution in [1.29, 1.82) is 0 Å². The maximum Gasteiger partial charge on any atom is 0.240 e. The van der Waals surface area contributed by atoms with Gasteiger partial charge in [0.05, 0.1) is 19.3 Å². The monoisotopic (exact) mass is 409 g/mol. The second kappa shape index (κ2) is 9.02. The third kappa shape index (κ3) is 4.90. The summed E-state index contributed by atoms with van der Waals surface area (Å²) in [4.78, 5) is 25.8. The molecule has 0 saturated carbocycles. The Labute approximate surface area is 174 Å². The van der Waals surface area contributed by atoms with Gasteiger partial charge in [-0.05, 0) is 36.4 Å². The molecule has 1 aliphatic rings. The molecule has 0 bridgehead atoms. The minimum Gasteiger partial charge on any atom is -0.497 e. The van der Waals surface area contributed by atoms with E-state index in [-0.39, 0.29) is 5.91 Å². The molecular formula is C21H23N5O2S. The van der Waals surface area contributed by atoms with E-state index in [1.807, 2.05) is 54.0 Å². The van der Waals surface area contributed by atoms with Crippen molar-refractivity contribution in [3.63, 3.8) is 0 Å². The van der Waals surface area contributed by atoms with Gasteiger partial charge >= 0.3 is 0 Å². The Balaban J connectivity index is 1.27. The molecule has 0 atom stereocenters. The number of rotatable bonds is 6. The van der Waals surface area contributed by atoms with Crippen molar-refractivity contribution < 1.29 is 9.53 Å². The van der Waals surface area contributed by atoms with Gasteiger partial charge in [-0.25, -0.2) is 9.97 Å². The van der Waals surface area contributed by atoms with Gasteiger partial charge in [-0.1, -0.05) is 6.07 Å². The van der Waals surface area contributed by atoms with Crippen LogP contribution in [-0.2, 0) is 4.79 Å². The number of carbonyl (C=O) groups excluding carboxylic acids is 1. The van der Waals surface area contributed by atoms with Crippen LogP contribution in [0.3, 0.4) is 0 Å². The van der Waals surface area contributed by atoms with Crippen LogP contribution in [0.25, 0.3) is 11.3 Å². The lowest BCUT2D eigenvalue weighted by Crippen LogP contribution is -2.48. The van der Waals surface area contributed by atoms with Gasteiger partial charge in [0.25, 0.3) is 0 Å². The Morgan fingerprint density at radius 1 is 1.14 bits per heavy atom. The molecule has 1 fully saturated rings. The van der Waals surface area contributed by atoms with Crippen molar-refractivity contribution in [3.8, 4) is 17.0 Å². The van der Waals surface area contributed by atoms with Crippen LogP contribution in [0.5, 0.6) is 5.75 Å². The quantitative estimate of drug-likeness (QED) is 0.675. The van der Waals surface area contributed by atoms with Crippen LogP contribution >= 0.6 is 11.3 Å². The topological polar surface area (TPSA) is 70.6 Å². The molecule has 1 N–H and O–H groups in total. The van der Waals surface area contributed by atoms with Gasteiger partial charge in [0.1, 0.15) is 11.6 Å². The lowest BCUT2D eigenvalue weighted by Gasteiger charge is -2.34. The number of carbonyl (C=O) groups is 1. The minimum absolute atomic E-state index is 0.0353. The summed E-state index contributed by atoms with van der Waals surface area (Å²) in [6.45, 7) is 3.76. The number of anilines is 2. The van der Waals surface area contributed by atoms with E-state index < -0.39 is 0 Å². The molecule has 3 aromatic rings. The molecule has 4 rings (SSSR count). The number of amides is 1. The Bertz CT molecular complexity index is 937. The van der Waals surface area contributed by atoms with Gasteiger partial charge in [0.15, 0.2) is 5.13 Å². The Morgan fingerprint density at radius 3 is 2.62 bits per heavy atom. The highest BCUT2D eigenvalue weighted by Crippen LogP contribution is 2.26. The third-order valence-electron chi connectivity index (χ3n) is 4.85. The Hall–Kier alpha value is -2.97. The minimum atomic E-state index is -0.0353. The second-order valence-corrected chi connectivity index (χ2v) is 7.62. The zero-order valence-corrected chi connectivity index (χ0v) is 17.1. The fraction of sp³-hybridized carbons (Fsp3) is 0.286. The smallest absolute Gasteiger partial charge is 0.240 e. The van der Waals surface area contributed by atoms with E-state index in [0.29, 0.717) is 11.7 Å². The first kappa shape index (κ1) is 19.4. The second-order valence-electron chi connectivity index (χ2n) is 6.77. The average Bonchev–Trinajstić information content (AvgIpc) is 3.23. The van der Waals surface area contributed by atoms with Crippen molar-refractivity contribution >= 4 is 28.2 Å². The first-order chi connectivity index (χ1) is 14.2. The van der Waals surface area contributed by atoms with E-state index in [1.54, 1.807) is 7.11 Å². The third-order valence-corrected chi connectivity index (χ3v) is 5.61. The van der Waals surface area contributed by atoms with Crippen molar-refractivity contribution in [2.45, 2.75) is 0 Å². The average molecular weight is 410 g/mol. The first-order valence-electron chi connectivity index (χ1n) is 9.49. The van der Waals surface area contributed by atoms with Crippen LogP contribution < -0.4 is 15.0 Å². The highest BCUT2D eigenvalue weighted by Gasteiger charge is 2.20. The first-order valence-corrected chi connectivity index (χ1v) is 10.4. The summed E-state index contributed by atoms with van der Waals surface area (Å²) in [6, 6.07) is 13.7. The van der Waals surface area contributed by atoms with Crippen LogP contribution in [0.4, 0.5) is 10.9 Å². The molecule has 150 valence electrons. The van der Waals surface area contributed by atoms with Crippen LogP contribution in [0.2, 0.25) is 0 Å². The number of nitrogens with one attached hydrogen (secondary N) is 1. The number of benzene rings is 1. The summed E-state index contributed by atoms with van der Waals surface area (Å²) in [5.41, 5.74) is 1.84.